The highest BCUT2D eigenvalue weighted by atomic mass is 16.2. The number of rotatable bonds is 4. The van der Waals surface area contributed by atoms with Crippen LogP contribution in [0.1, 0.15) is 48.0 Å². The summed E-state index contributed by atoms with van der Waals surface area (Å²) in [6.45, 7) is 0. The van der Waals surface area contributed by atoms with Crippen molar-refractivity contribution in [1.82, 2.24) is 0 Å². The summed E-state index contributed by atoms with van der Waals surface area (Å²) in [4.78, 5) is 24.8. The summed E-state index contributed by atoms with van der Waals surface area (Å²) in [7, 11) is 0. The summed E-state index contributed by atoms with van der Waals surface area (Å²) in [5.74, 6) is 0.158. The summed E-state index contributed by atoms with van der Waals surface area (Å²) >= 11 is 0. The fourth-order valence-corrected chi connectivity index (χ4v) is 3.10. The second kappa shape index (κ2) is 7.23. The largest absolute Gasteiger partial charge is 0.326 e. The molecule has 0 spiro atoms. The Morgan fingerprint density at radius 2 is 1.52 bits per heavy atom. The van der Waals surface area contributed by atoms with Crippen LogP contribution in [0.15, 0.2) is 54.6 Å². The molecule has 1 aliphatic carbocycles. The van der Waals surface area contributed by atoms with Gasteiger partial charge in [0.1, 0.15) is 0 Å². The molecule has 1 aliphatic rings. The van der Waals surface area contributed by atoms with Crippen molar-refractivity contribution in [1.29, 1.82) is 0 Å². The lowest BCUT2D eigenvalue weighted by Gasteiger charge is -2.20. The average molecular weight is 307 g/mol. The molecular formula is C20H21NO2. The number of ketones is 1. The van der Waals surface area contributed by atoms with Gasteiger partial charge in [-0.25, -0.2) is 0 Å². The number of hydrogen-bond acceptors (Lipinski definition) is 2. The number of amides is 1. The van der Waals surface area contributed by atoms with Gasteiger partial charge in [-0.15, -0.1) is 0 Å². The summed E-state index contributed by atoms with van der Waals surface area (Å²) in [5, 5.41) is 2.97. The Balaban J connectivity index is 1.72. The van der Waals surface area contributed by atoms with E-state index in [1.807, 2.05) is 30.3 Å². The zero-order valence-corrected chi connectivity index (χ0v) is 13.1. The third-order valence-electron chi connectivity index (χ3n) is 4.40. The molecule has 0 heterocycles. The molecule has 3 rings (SSSR count). The highest BCUT2D eigenvalue weighted by Crippen LogP contribution is 2.25. The van der Waals surface area contributed by atoms with Gasteiger partial charge in [0.2, 0.25) is 5.91 Å². The van der Waals surface area contributed by atoms with Crippen LogP contribution >= 0.6 is 0 Å². The number of nitrogens with one attached hydrogen (secondary N) is 1. The van der Waals surface area contributed by atoms with Crippen molar-refractivity contribution in [3.05, 3.63) is 65.7 Å². The smallest absolute Gasteiger partial charge is 0.227 e. The predicted molar refractivity (Wildman–Crippen MR) is 91.5 cm³/mol. The maximum Gasteiger partial charge on any atom is 0.227 e. The molecule has 3 nitrogen and oxygen atoms in total. The van der Waals surface area contributed by atoms with Crippen molar-refractivity contribution in [3.8, 4) is 0 Å². The fraction of sp³-hybridized carbons (Fsp3) is 0.300. The second-order valence-corrected chi connectivity index (χ2v) is 6.10. The van der Waals surface area contributed by atoms with Gasteiger partial charge < -0.3 is 5.32 Å². The van der Waals surface area contributed by atoms with E-state index in [0.29, 0.717) is 16.8 Å². The van der Waals surface area contributed by atoms with Gasteiger partial charge in [0, 0.05) is 22.7 Å². The maximum absolute atomic E-state index is 12.5. The third-order valence-corrected chi connectivity index (χ3v) is 4.40. The quantitative estimate of drug-likeness (QED) is 0.849. The Morgan fingerprint density at radius 3 is 2.26 bits per heavy atom. The van der Waals surface area contributed by atoms with Crippen LogP contribution in [0.3, 0.4) is 0 Å². The molecule has 2 aromatic rings. The van der Waals surface area contributed by atoms with Gasteiger partial charge in [-0.1, -0.05) is 61.7 Å². The van der Waals surface area contributed by atoms with Crippen LogP contribution in [0.4, 0.5) is 5.69 Å². The van der Waals surface area contributed by atoms with E-state index < -0.39 is 0 Å². The molecule has 3 heteroatoms. The number of hydrogen-bond donors (Lipinski definition) is 1. The van der Waals surface area contributed by atoms with E-state index in [9.17, 15) is 9.59 Å². The monoisotopic (exact) mass is 307 g/mol. The van der Waals surface area contributed by atoms with E-state index in [1.165, 1.54) is 6.42 Å². The molecule has 1 fully saturated rings. The number of benzene rings is 2. The van der Waals surface area contributed by atoms with Crippen molar-refractivity contribution < 1.29 is 9.59 Å². The van der Waals surface area contributed by atoms with E-state index >= 15 is 0 Å². The highest BCUT2D eigenvalue weighted by molar-refractivity contribution is 6.09. The van der Waals surface area contributed by atoms with E-state index in [2.05, 4.69) is 5.32 Å². The topological polar surface area (TPSA) is 46.2 Å². The van der Waals surface area contributed by atoms with Gasteiger partial charge in [-0.2, -0.15) is 0 Å². The van der Waals surface area contributed by atoms with Crippen molar-refractivity contribution in [2.24, 2.45) is 5.92 Å². The van der Waals surface area contributed by atoms with Gasteiger partial charge in [-0.3, -0.25) is 9.59 Å². The molecular weight excluding hydrogens is 286 g/mol. The number of carbonyl (C=O) groups is 2. The predicted octanol–water partition coefficient (Wildman–Crippen LogP) is 4.44. The lowest BCUT2D eigenvalue weighted by molar-refractivity contribution is -0.120. The van der Waals surface area contributed by atoms with Crippen LogP contribution in [-0.2, 0) is 4.79 Å². The Hall–Kier alpha value is -2.42. The molecule has 118 valence electrons. The first-order valence-electron chi connectivity index (χ1n) is 8.25. The minimum atomic E-state index is -0.0284. The van der Waals surface area contributed by atoms with E-state index in [0.717, 1.165) is 25.7 Å². The average Bonchev–Trinajstić information content (AvgIpc) is 2.63. The fourth-order valence-electron chi connectivity index (χ4n) is 3.10. The van der Waals surface area contributed by atoms with E-state index in [-0.39, 0.29) is 17.6 Å². The van der Waals surface area contributed by atoms with Gasteiger partial charge in [0.05, 0.1) is 0 Å². The zero-order chi connectivity index (χ0) is 16.1. The lowest BCUT2D eigenvalue weighted by atomic mass is 9.88. The first kappa shape index (κ1) is 15.5. The van der Waals surface area contributed by atoms with Crippen LogP contribution in [-0.4, -0.2) is 11.7 Å². The normalized spacial score (nSPS) is 15.1. The lowest BCUT2D eigenvalue weighted by Crippen LogP contribution is -2.24. The van der Waals surface area contributed by atoms with Crippen LogP contribution in [0.2, 0.25) is 0 Å². The molecule has 1 N–H and O–H groups in total. The molecule has 23 heavy (non-hydrogen) atoms. The third kappa shape index (κ3) is 3.86. The molecule has 0 atom stereocenters. The van der Waals surface area contributed by atoms with Crippen LogP contribution in [0.5, 0.6) is 0 Å². The van der Waals surface area contributed by atoms with Crippen LogP contribution in [0, 0.1) is 5.92 Å². The van der Waals surface area contributed by atoms with Crippen LogP contribution < -0.4 is 5.32 Å². The Labute approximate surface area is 136 Å². The summed E-state index contributed by atoms with van der Waals surface area (Å²) in [6.07, 6.45) is 5.42. The first-order valence-corrected chi connectivity index (χ1v) is 8.25. The molecule has 0 bridgehead atoms. The van der Waals surface area contributed by atoms with Gasteiger partial charge >= 0.3 is 0 Å². The minimum absolute atomic E-state index is 0.0284. The first-order chi connectivity index (χ1) is 11.2. The molecule has 0 radical (unpaired) electrons. The molecule has 0 aliphatic heterocycles. The maximum atomic E-state index is 12.5. The van der Waals surface area contributed by atoms with Gasteiger partial charge in [-0.05, 0) is 25.0 Å². The Bertz CT molecular complexity index is 688. The van der Waals surface area contributed by atoms with Crippen molar-refractivity contribution in [2.75, 3.05) is 5.32 Å². The molecule has 0 saturated heterocycles. The molecule has 0 aromatic heterocycles. The van der Waals surface area contributed by atoms with Crippen molar-refractivity contribution >= 4 is 17.4 Å². The van der Waals surface area contributed by atoms with E-state index in [4.69, 9.17) is 0 Å². The molecule has 1 saturated carbocycles. The van der Waals surface area contributed by atoms with Crippen LogP contribution in [0.25, 0.3) is 0 Å². The van der Waals surface area contributed by atoms with Gasteiger partial charge in [0.25, 0.3) is 0 Å². The molecule has 0 unspecified atom stereocenters. The zero-order valence-electron chi connectivity index (χ0n) is 13.1. The molecule has 2 aromatic carbocycles. The highest BCUT2D eigenvalue weighted by Gasteiger charge is 2.21. The number of anilines is 1. The molecule has 1 amide bonds. The van der Waals surface area contributed by atoms with Crippen molar-refractivity contribution in [3.63, 3.8) is 0 Å². The van der Waals surface area contributed by atoms with E-state index in [1.54, 1.807) is 24.3 Å². The summed E-state index contributed by atoms with van der Waals surface area (Å²) < 4.78 is 0. The standard InChI is InChI=1S/C20H21NO2/c22-19(15-8-3-1-4-9-15)17-12-7-13-18(14-17)21-20(23)16-10-5-2-6-11-16/h1,3-4,7-9,12-14,16H,2,5-6,10-11H2,(H,21,23). The second-order valence-electron chi connectivity index (χ2n) is 6.10. The van der Waals surface area contributed by atoms with Gasteiger partial charge in [0.15, 0.2) is 5.78 Å². The summed E-state index contributed by atoms with van der Waals surface area (Å²) in [6, 6.07) is 16.4. The summed E-state index contributed by atoms with van der Waals surface area (Å²) in [5.41, 5.74) is 1.95. The van der Waals surface area contributed by atoms with Crippen molar-refractivity contribution in [2.45, 2.75) is 32.1 Å². The Morgan fingerprint density at radius 1 is 0.826 bits per heavy atom. The Kier molecular flexibility index (Phi) is 4.86. The minimum Gasteiger partial charge on any atom is -0.326 e. The number of carbonyl (C=O) groups excluding carboxylic acids is 2. The SMILES string of the molecule is O=C(c1ccccc1)c1cccc(NC(=O)C2CCCCC2)c1.